The number of nitrogens with one attached hydrogen (secondary N) is 2. The topological polar surface area (TPSA) is 49.3 Å². The standard InChI is InChI=1S/C18H30N4/c1-14(2)15-7-9-17(10-8-15)22-18(19-3)21-13-11-16-6-4-5-12-20-16/h4-6,12,14-15,17H,7-11,13H2,1-3H3,(H2,19,21,22). The molecule has 0 aliphatic heterocycles. The average Bonchev–Trinajstić information content (AvgIpc) is 2.55. The van der Waals surface area contributed by atoms with Gasteiger partial charge < -0.3 is 10.6 Å². The van der Waals surface area contributed by atoms with Gasteiger partial charge in [-0.3, -0.25) is 9.98 Å². The normalized spacial score (nSPS) is 22.6. The van der Waals surface area contributed by atoms with Gasteiger partial charge >= 0.3 is 0 Å². The minimum Gasteiger partial charge on any atom is -0.356 e. The zero-order chi connectivity index (χ0) is 15.8. The van der Waals surface area contributed by atoms with Gasteiger partial charge in [-0.1, -0.05) is 19.9 Å². The molecule has 0 amide bonds. The fraction of sp³-hybridized carbons (Fsp3) is 0.667. The van der Waals surface area contributed by atoms with Crippen molar-refractivity contribution in [2.45, 2.75) is 52.0 Å². The molecule has 4 nitrogen and oxygen atoms in total. The lowest BCUT2D eigenvalue weighted by Crippen LogP contribution is -2.45. The summed E-state index contributed by atoms with van der Waals surface area (Å²) in [6.45, 7) is 5.55. The van der Waals surface area contributed by atoms with Crippen molar-refractivity contribution in [2.75, 3.05) is 13.6 Å². The van der Waals surface area contributed by atoms with Gasteiger partial charge in [-0.15, -0.1) is 0 Å². The fourth-order valence-electron chi connectivity index (χ4n) is 3.17. The van der Waals surface area contributed by atoms with Crippen molar-refractivity contribution in [3.8, 4) is 0 Å². The van der Waals surface area contributed by atoms with E-state index in [1.165, 1.54) is 25.7 Å². The highest BCUT2D eigenvalue weighted by Gasteiger charge is 2.23. The molecule has 1 aliphatic rings. The first-order valence-electron chi connectivity index (χ1n) is 8.56. The number of aromatic nitrogens is 1. The molecule has 1 fully saturated rings. The molecule has 1 aromatic heterocycles. The largest absolute Gasteiger partial charge is 0.356 e. The molecule has 2 N–H and O–H groups in total. The summed E-state index contributed by atoms with van der Waals surface area (Å²) in [5, 5.41) is 6.97. The first-order valence-corrected chi connectivity index (χ1v) is 8.56. The molecule has 0 saturated heterocycles. The van der Waals surface area contributed by atoms with Crippen molar-refractivity contribution in [1.82, 2.24) is 15.6 Å². The average molecular weight is 302 g/mol. The lowest BCUT2D eigenvalue weighted by molar-refractivity contribution is 0.250. The Balaban J connectivity index is 1.69. The van der Waals surface area contributed by atoms with Crippen LogP contribution in [0, 0.1) is 11.8 Å². The highest BCUT2D eigenvalue weighted by atomic mass is 15.2. The maximum Gasteiger partial charge on any atom is 0.191 e. The summed E-state index contributed by atoms with van der Waals surface area (Å²) in [6, 6.07) is 6.61. The Kier molecular flexibility index (Phi) is 6.69. The Morgan fingerprint density at radius 1 is 1.27 bits per heavy atom. The van der Waals surface area contributed by atoms with Gasteiger partial charge in [-0.25, -0.2) is 0 Å². The van der Waals surface area contributed by atoms with Crippen molar-refractivity contribution in [3.05, 3.63) is 30.1 Å². The molecule has 0 atom stereocenters. The molecular formula is C18H30N4. The van der Waals surface area contributed by atoms with E-state index in [1.54, 1.807) is 0 Å². The van der Waals surface area contributed by atoms with E-state index >= 15 is 0 Å². The second-order valence-electron chi connectivity index (χ2n) is 6.57. The number of nitrogens with zero attached hydrogens (tertiary/aromatic N) is 2. The summed E-state index contributed by atoms with van der Waals surface area (Å²) in [4.78, 5) is 8.68. The smallest absolute Gasteiger partial charge is 0.191 e. The molecule has 2 rings (SSSR count). The number of pyridine rings is 1. The van der Waals surface area contributed by atoms with Crippen LogP contribution in [0.4, 0.5) is 0 Å². The predicted molar refractivity (Wildman–Crippen MR) is 93.0 cm³/mol. The van der Waals surface area contributed by atoms with Crippen molar-refractivity contribution in [3.63, 3.8) is 0 Å². The minimum atomic E-state index is 0.566. The van der Waals surface area contributed by atoms with E-state index in [9.17, 15) is 0 Å². The number of guanidine groups is 1. The molecule has 1 heterocycles. The Labute approximate surface area is 134 Å². The number of hydrogen-bond donors (Lipinski definition) is 2. The fourth-order valence-corrected chi connectivity index (χ4v) is 3.17. The van der Waals surface area contributed by atoms with Gasteiger partial charge in [-0.2, -0.15) is 0 Å². The third kappa shape index (κ3) is 5.32. The summed E-state index contributed by atoms with van der Waals surface area (Å²) in [6.07, 6.45) is 7.94. The first kappa shape index (κ1) is 16.8. The number of hydrogen-bond acceptors (Lipinski definition) is 2. The SMILES string of the molecule is CN=C(NCCc1ccccn1)NC1CCC(C(C)C)CC1. The molecule has 0 unspecified atom stereocenters. The maximum absolute atomic E-state index is 4.34. The molecule has 0 aromatic carbocycles. The van der Waals surface area contributed by atoms with Crippen molar-refractivity contribution >= 4 is 5.96 Å². The van der Waals surface area contributed by atoms with E-state index in [0.717, 1.165) is 36.5 Å². The van der Waals surface area contributed by atoms with E-state index in [0.29, 0.717) is 6.04 Å². The number of aliphatic imine (C=N–C) groups is 1. The van der Waals surface area contributed by atoms with E-state index < -0.39 is 0 Å². The van der Waals surface area contributed by atoms with Gasteiger partial charge in [0.15, 0.2) is 5.96 Å². The summed E-state index contributed by atoms with van der Waals surface area (Å²) >= 11 is 0. The van der Waals surface area contributed by atoms with Crippen LogP contribution >= 0.6 is 0 Å². The Morgan fingerprint density at radius 3 is 2.64 bits per heavy atom. The van der Waals surface area contributed by atoms with Gasteiger partial charge in [0, 0.05) is 37.9 Å². The van der Waals surface area contributed by atoms with Crippen molar-refractivity contribution in [2.24, 2.45) is 16.8 Å². The van der Waals surface area contributed by atoms with E-state index in [-0.39, 0.29) is 0 Å². The van der Waals surface area contributed by atoms with Crippen LogP contribution in [0.3, 0.4) is 0 Å². The highest BCUT2D eigenvalue weighted by Crippen LogP contribution is 2.29. The van der Waals surface area contributed by atoms with Crippen LogP contribution in [0.1, 0.15) is 45.2 Å². The quantitative estimate of drug-likeness (QED) is 0.649. The summed E-state index contributed by atoms with van der Waals surface area (Å²) in [5.41, 5.74) is 1.11. The van der Waals surface area contributed by atoms with Gasteiger partial charge in [0.1, 0.15) is 0 Å². The molecule has 1 saturated carbocycles. The maximum atomic E-state index is 4.34. The molecule has 1 aliphatic carbocycles. The Hall–Kier alpha value is -1.58. The van der Waals surface area contributed by atoms with E-state index in [2.05, 4.69) is 40.5 Å². The second kappa shape index (κ2) is 8.76. The Morgan fingerprint density at radius 2 is 2.05 bits per heavy atom. The van der Waals surface area contributed by atoms with Crippen LogP contribution in [-0.4, -0.2) is 30.6 Å². The summed E-state index contributed by atoms with van der Waals surface area (Å²) < 4.78 is 0. The van der Waals surface area contributed by atoms with Crippen LogP contribution in [-0.2, 0) is 6.42 Å². The molecule has 0 spiro atoms. The van der Waals surface area contributed by atoms with Crippen molar-refractivity contribution in [1.29, 1.82) is 0 Å². The van der Waals surface area contributed by atoms with Gasteiger partial charge in [0.2, 0.25) is 0 Å². The summed E-state index contributed by atoms with van der Waals surface area (Å²) in [5.74, 6) is 2.64. The van der Waals surface area contributed by atoms with Gasteiger partial charge in [0.25, 0.3) is 0 Å². The molecule has 4 heteroatoms. The minimum absolute atomic E-state index is 0.566. The highest BCUT2D eigenvalue weighted by molar-refractivity contribution is 5.79. The second-order valence-corrected chi connectivity index (χ2v) is 6.57. The zero-order valence-electron chi connectivity index (χ0n) is 14.2. The van der Waals surface area contributed by atoms with Crippen LogP contribution in [0.15, 0.2) is 29.4 Å². The Bertz CT molecular complexity index is 447. The van der Waals surface area contributed by atoms with E-state index in [1.807, 2.05) is 25.4 Å². The molecule has 122 valence electrons. The summed E-state index contributed by atoms with van der Waals surface area (Å²) in [7, 11) is 1.84. The van der Waals surface area contributed by atoms with Crippen LogP contribution < -0.4 is 10.6 Å². The molecule has 22 heavy (non-hydrogen) atoms. The van der Waals surface area contributed by atoms with Crippen LogP contribution in [0.5, 0.6) is 0 Å². The van der Waals surface area contributed by atoms with Gasteiger partial charge in [0.05, 0.1) is 0 Å². The van der Waals surface area contributed by atoms with Crippen molar-refractivity contribution < 1.29 is 0 Å². The third-order valence-corrected chi connectivity index (χ3v) is 4.68. The lowest BCUT2D eigenvalue weighted by Gasteiger charge is -2.32. The lowest BCUT2D eigenvalue weighted by atomic mass is 9.80. The first-order chi connectivity index (χ1) is 10.7. The van der Waals surface area contributed by atoms with Crippen LogP contribution in [0.2, 0.25) is 0 Å². The predicted octanol–water partition coefficient (Wildman–Crippen LogP) is 3.00. The molecule has 0 radical (unpaired) electrons. The van der Waals surface area contributed by atoms with Gasteiger partial charge in [-0.05, 0) is 49.7 Å². The third-order valence-electron chi connectivity index (χ3n) is 4.68. The molecular weight excluding hydrogens is 272 g/mol. The molecule has 0 bridgehead atoms. The molecule has 1 aromatic rings. The monoisotopic (exact) mass is 302 g/mol. The van der Waals surface area contributed by atoms with Crippen LogP contribution in [0.25, 0.3) is 0 Å². The van der Waals surface area contributed by atoms with E-state index in [4.69, 9.17) is 0 Å². The zero-order valence-corrected chi connectivity index (χ0v) is 14.2. The number of rotatable bonds is 5.